The molecule has 3 rings (SSSR count). The molecule has 2 N–H and O–H groups in total. The van der Waals surface area contributed by atoms with Crippen LogP contribution in [0.3, 0.4) is 0 Å². The minimum absolute atomic E-state index is 0.413. The third kappa shape index (κ3) is 2.47. The summed E-state index contributed by atoms with van der Waals surface area (Å²) < 4.78 is 0. The molecule has 2 nitrogen and oxygen atoms in total. The molecular formula is C17H14N2. The van der Waals surface area contributed by atoms with Crippen LogP contribution in [-0.4, -0.2) is 5.84 Å². The molecule has 3 aromatic carbocycles. The van der Waals surface area contributed by atoms with E-state index in [0.29, 0.717) is 5.84 Å². The Bertz CT molecular complexity index is 717. The zero-order valence-corrected chi connectivity index (χ0v) is 10.4. The number of amidine groups is 1. The maximum Gasteiger partial charge on any atom is 0.129 e. The molecule has 3 aromatic rings. The van der Waals surface area contributed by atoms with Gasteiger partial charge in [0.25, 0.3) is 0 Å². The van der Waals surface area contributed by atoms with Crippen molar-refractivity contribution in [3.05, 3.63) is 78.4 Å². The monoisotopic (exact) mass is 246 g/mol. The van der Waals surface area contributed by atoms with Crippen LogP contribution in [-0.2, 0) is 0 Å². The van der Waals surface area contributed by atoms with Crippen LogP contribution in [0.5, 0.6) is 0 Å². The van der Waals surface area contributed by atoms with Gasteiger partial charge in [0.2, 0.25) is 0 Å². The summed E-state index contributed by atoms with van der Waals surface area (Å²) in [6, 6.07) is 24.0. The van der Waals surface area contributed by atoms with Crippen molar-refractivity contribution in [3.63, 3.8) is 0 Å². The standard InChI is InChI=1S/C17H14N2/c18-17(14-7-2-1-3-8-14)19-16-11-10-13-6-4-5-9-15(13)12-16/h1-12H,(H2,18,19). The van der Waals surface area contributed by atoms with Crippen molar-refractivity contribution < 1.29 is 0 Å². The molecule has 0 bridgehead atoms. The molecule has 0 unspecified atom stereocenters. The van der Waals surface area contributed by atoms with Gasteiger partial charge in [-0.15, -0.1) is 0 Å². The Balaban J connectivity index is 1.87. The van der Waals surface area contributed by atoms with Crippen molar-refractivity contribution in [1.82, 2.24) is 0 Å². The van der Waals surface area contributed by atoms with Crippen molar-refractivity contribution in [1.29, 1.82) is 5.41 Å². The summed E-state index contributed by atoms with van der Waals surface area (Å²) in [5, 5.41) is 13.6. The lowest BCUT2D eigenvalue weighted by molar-refractivity contribution is 1.45. The number of hydrogen-bond acceptors (Lipinski definition) is 1. The van der Waals surface area contributed by atoms with Crippen LogP contribution in [0.25, 0.3) is 10.8 Å². The molecule has 0 aliphatic rings. The highest BCUT2D eigenvalue weighted by Crippen LogP contribution is 2.19. The fourth-order valence-corrected chi connectivity index (χ4v) is 2.09. The molecule has 0 fully saturated rings. The van der Waals surface area contributed by atoms with Crippen molar-refractivity contribution in [2.24, 2.45) is 0 Å². The normalized spacial score (nSPS) is 10.3. The summed E-state index contributed by atoms with van der Waals surface area (Å²) in [6.07, 6.45) is 0. The van der Waals surface area contributed by atoms with Gasteiger partial charge >= 0.3 is 0 Å². The Hall–Kier alpha value is -2.61. The van der Waals surface area contributed by atoms with Gasteiger partial charge in [0.1, 0.15) is 5.84 Å². The Labute approximate surface area is 112 Å². The average molecular weight is 246 g/mol. The molecular weight excluding hydrogens is 232 g/mol. The van der Waals surface area contributed by atoms with Crippen LogP contribution in [0, 0.1) is 5.41 Å². The summed E-state index contributed by atoms with van der Waals surface area (Å²) >= 11 is 0. The number of nitrogens with one attached hydrogen (secondary N) is 2. The second-order valence-corrected chi connectivity index (χ2v) is 4.43. The molecule has 0 aliphatic carbocycles. The molecule has 19 heavy (non-hydrogen) atoms. The summed E-state index contributed by atoms with van der Waals surface area (Å²) in [4.78, 5) is 0. The molecule has 0 saturated carbocycles. The molecule has 0 radical (unpaired) electrons. The lowest BCUT2D eigenvalue weighted by Gasteiger charge is -2.09. The van der Waals surface area contributed by atoms with Gasteiger partial charge in [0, 0.05) is 11.3 Å². The van der Waals surface area contributed by atoms with E-state index in [0.717, 1.165) is 11.3 Å². The number of rotatable bonds is 2. The van der Waals surface area contributed by atoms with E-state index in [4.69, 9.17) is 5.41 Å². The van der Waals surface area contributed by atoms with E-state index in [9.17, 15) is 0 Å². The molecule has 2 heteroatoms. The highest BCUT2D eigenvalue weighted by atomic mass is 14.9. The topological polar surface area (TPSA) is 35.9 Å². The first-order chi connectivity index (χ1) is 9.33. The molecule has 0 amide bonds. The fraction of sp³-hybridized carbons (Fsp3) is 0. The minimum atomic E-state index is 0.413. The molecule has 0 atom stereocenters. The molecule has 0 aliphatic heterocycles. The van der Waals surface area contributed by atoms with Crippen molar-refractivity contribution in [2.45, 2.75) is 0 Å². The van der Waals surface area contributed by atoms with Gasteiger partial charge in [0.05, 0.1) is 0 Å². The Kier molecular flexibility index (Phi) is 2.99. The Morgan fingerprint density at radius 1 is 0.737 bits per heavy atom. The van der Waals surface area contributed by atoms with Gasteiger partial charge in [-0.1, -0.05) is 60.7 Å². The first-order valence-corrected chi connectivity index (χ1v) is 6.23. The molecule has 92 valence electrons. The van der Waals surface area contributed by atoms with Gasteiger partial charge < -0.3 is 5.32 Å². The third-order valence-electron chi connectivity index (χ3n) is 3.08. The zero-order chi connectivity index (χ0) is 13.1. The fourth-order valence-electron chi connectivity index (χ4n) is 2.09. The van der Waals surface area contributed by atoms with E-state index >= 15 is 0 Å². The average Bonchev–Trinajstić information content (AvgIpc) is 2.48. The van der Waals surface area contributed by atoms with Crippen LogP contribution < -0.4 is 5.32 Å². The predicted molar refractivity (Wildman–Crippen MR) is 80.8 cm³/mol. The lowest BCUT2D eigenvalue weighted by Crippen LogP contribution is -2.11. The summed E-state index contributed by atoms with van der Waals surface area (Å²) in [5.41, 5.74) is 1.82. The molecule has 0 heterocycles. The zero-order valence-electron chi connectivity index (χ0n) is 10.4. The smallest absolute Gasteiger partial charge is 0.129 e. The Morgan fingerprint density at radius 3 is 2.21 bits per heavy atom. The first kappa shape index (κ1) is 11.5. The van der Waals surface area contributed by atoms with Crippen molar-refractivity contribution >= 4 is 22.3 Å². The number of hydrogen-bond donors (Lipinski definition) is 2. The minimum Gasteiger partial charge on any atom is -0.340 e. The summed E-state index contributed by atoms with van der Waals surface area (Å²) in [7, 11) is 0. The van der Waals surface area contributed by atoms with Gasteiger partial charge in [-0.2, -0.15) is 0 Å². The van der Waals surface area contributed by atoms with E-state index in [1.54, 1.807) is 0 Å². The van der Waals surface area contributed by atoms with E-state index in [1.807, 2.05) is 48.5 Å². The molecule has 0 spiro atoms. The van der Waals surface area contributed by atoms with Gasteiger partial charge in [-0.25, -0.2) is 0 Å². The van der Waals surface area contributed by atoms with E-state index in [2.05, 4.69) is 29.6 Å². The maximum atomic E-state index is 8.06. The summed E-state index contributed by atoms with van der Waals surface area (Å²) in [6.45, 7) is 0. The summed E-state index contributed by atoms with van der Waals surface area (Å²) in [5.74, 6) is 0.413. The number of anilines is 1. The first-order valence-electron chi connectivity index (χ1n) is 6.23. The van der Waals surface area contributed by atoms with E-state index < -0.39 is 0 Å². The highest BCUT2D eigenvalue weighted by Gasteiger charge is 2.01. The van der Waals surface area contributed by atoms with E-state index in [1.165, 1.54) is 10.8 Å². The van der Waals surface area contributed by atoms with Crippen LogP contribution >= 0.6 is 0 Å². The lowest BCUT2D eigenvalue weighted by atomic mass is 10.1. The van der Waals surface area contributed by atoms with Gasteiger partial charge in [-0.3, -0.25) is 5.41 Å². The van der Waals surface area contributed by atoms with Crippen molar-refractivity contribution in [2.75, 3.05) is 5.32 Å². The van der Waals surface area contributed by atoms with Crippen LogP contribution in [0.4, 0.5) is 5.69 Å². The number of fused-ring (bicyclic) bond motifs is 1. The van der Waals surface area contributed by atoms with Gasteiger partial charge in [-0.05, 0) is 22.9 Å². The van der Waals surface area contributed by atoms with Crippen LogP contribution in [0.2, 0.25) is 0 Å². The third-order valence-corrected chi connectivity index (χ3v) is 3.08. The maximum absolute atomic E-state index is 8.06. The molecule has 0 saturated heterocycles. The number of benzene rings is 3. The van der Waals surface area contributed by atoms with E-state index in [-0.39, 0.29) is 0 Å². The second kappa shape index (κ2) is 4.94. The van der Waals surface area contributed by atoms with Crippen molar-refractivity contribution in [3.8, 4) is 0 Å². The Morgan fingerprint density at radius 2 is 1.42 bits per heavy atom. The second-order valence-electron chi connectivity index (χ2n) is 4.43. The predicted octanol–water partition coefficient (Wildman–Crippen LogP) is 4.28. The highest BCUT2D eigenvalue weighted by molar-refractivity contribution is 6.06. The molecule has 0 aromatic heterocycles. The van der Waals surface area contributed by atoms with Crippen LogP contribution in [0.1, 0.15) is 5.56 Å². The van der Waals surface area contributed by atoms with Crippen LogP contribution in [0.15, 0.2) is 72.8 Å². The quantitative estimate of drug-likeness (QED) is 0.514. The largest absolute Gasteiger partial charge is 0.340 e. The van der Waals surface area contributed by atoms with Gasteiger partial charge in [0.15, 0.2) is 0 Å². The SMILES string of the molecule is N=C(Nc1ccc2ccccc2c1)c1ccccc1.